The standard InChI is InChI=1S/C12H18N2O3/c1-3-9(15)6-14-8-4-7(2)11(13)10(5-8)12(16)17/h4-5,9,14-15H,3,6,13H2,1-2H3,(H,16,17). The molecule has 0 saturated heterocycles. The topological polar surface area (TPSA) is 95.6 Å². The number of aromatic carboxylic acids is 1. The number of aliphatic hydroxyl groups excluding tert-OH is 1. The first-order valence-electron chi connectivity index (χ1n) is 5.51. The van der Waals surface area contributed by atoms with Crippen LogP contribution in [0.4, 0.5) is 11.4 Å². The number of hydrogen-bond acceptors (Lipinski definition) is 4. The zero-order chi connectivity index (χ0) is 13.0. The lowest BCUT2D eigenvalue weighted by atomic mass is 10.1. The summed E-state index contributed by atoms with van der Waals surface area (Å²) in [6.07, 6.45) is 0.202. The van der Waals surface area contributed by atoms with Gasteiger partial charge in [-0.15, -0.1) is 0 Å². The molecule has 0 bridgehead atoms. The molecule has 0 amide bonds. The molecule has 1 rings (SSSR count). The number of carboxylic acids is 1. The molecular formula is C12H18N2O3. The van der Waals surface area contributed by atoms with E-state index >= 15 is 0 Å². The molecule has 5 nitrogen and oxygen atoms in total. The molecule has 0 saturated carbocycles. The Morgan fingerprint density at radius 2 is 2.18 bits per heavy atom. The molecule has 5 N–H and O–H groups in total. The highest BCUT2D eigenvalue weighted by atomic mass is 16.4. The molecule has 0 spiro atoms. The Hall–Kier alpha value is -1.75. The van der Waals surface area contributed by atoms with Crippen molar-refractivity contribution in [1.29, 1.82) is 0 Å². The molecule has 0 aliphatic heterocycles. The second kappa shape index (κ2) is 5.54. The maximum atomic E-state index is 11.0. The van der Waals surface area contributed by atoms with Crippen LogP contribution in [0.15, 0.2) is 12.1 Å². The number of nitrogen functional groups attached to an aromatic ring is 1. The van der Waals surface area contributed by atoms with Gasteiger partial charge in [-0.2, -0.15) is 0 Å². The summed E-state index contributed by atoms with van der Waals surface area (Å²) in [6, 6.07) is 3.25. The number of rotatable bonds is 5. The molecule has 0 fully saturated rings. The molecule has 94 valence electrons. The summed E-state index contributed by atoms with van der Waals surface area (Å²) in [5.74, 6) is -1.05. The molecule has 0 aliphatic carbocycles. The fourth-order valence-electron chi connectivity index (χ4n) is 1.46. The van der Waals surface area contributed by atoms with Gasteiger partial charge in [-0.25, -0.2) is 4.79 Å². The van der Waals surface area contributed by atoms with Gasteiger partial charge in [-0.05, 0) is 31.0 Å². The van der Waals surface area contributed by atoms with Crippen LogP contribution >= 0.6 is 0 Å². The number of carbonyl (C=O) groups is 1. The highest BCUT2D eigenvalue weighted by Gasteiger charge is 2.12. The Balaban J connectivity index is 2.91. The average Bonchev–Trinajstić information content (AvgIpc) is 2.29. The van der Waals surface area contributed by atoms with E-state index in [0.29, 0.717) is 24.2 Å². The lowest BCUT2D eigenvalue weighted by Gasteiger charge is -2.13. The van der Waals surface area contributed by atoms with Crippen molar-refractivity contribution in [3.05, 3.63) is 23.3 Å². The maximum absolute atomic E-state index is 11.0. The summed E-state index contributed by atoms with van der Waals surface area (Å²) in [6.45, 7) is 4.02. The van der Waals surface area contributed by atoms with Crippen LogP contribution in [-0.2, 0) is 0 Å². The van der Waals surface area contributed by atoms with Crippen molar-refractivity contribution in [1.82, 2.24) is 0 Å². The normalized spacial score (nSPS) is 12.2. The zero-order valence-corrected chi connectivity index (χ0v) is 10.0. The molecule has 1 atom stereocenters. The van der Waals surface area contributed by atoms with Crippen LogP contribution in [-0.4, -0.2) is 28.8 Å². The fraction of sp³-hybridized carbons (Fsp3) is 0.417. The van der Waals surface area contributed by atoms with E-state index in [1.807, 2.05) is 6.92 Å². The number of nitrogens with one attached hydrogen (secondary N) is 1. The van der Waals surface area contributed by atoms with Crippen molar-refractivity contribution in [3.8, 4) is 0 Å². The Morgan fingerprint density at radius 3 is 2.71 bits per heavy atom. The van der Waals surface area contributed by atoms with Crippen LogP contribution in [0.3, 0.4) is 0 Å². The smallest absolute Gasteiger partial charge is 0.337 e. The van der Waals surface area contributed by atoms with E-state index in [1.165, 1.54) is 6.07 Å². The molecule has 1 aromatic carbocycles. The third kappa shape index (κ3) is 3.35. The average molecular weight is 238 g/mol. The van der Waals surface area contributed by atoms with Crippen LogP contribution in [0.5, 0.6) is 0 Å². The summed E-state index contributed by atoms with van der Waals surface area (Å²) in [5.41, 5.74) is 7.40. The van der Waals surface area contributed by atoms with Crippen molar-refractivity contribution >= 4 is 17.3 Å². The van der Waals surface area contributed by atoms with Gasteiger partial charge >= 0.3 is 5.97 Å². The second-order valence-electron chi connectivity index (χ2n) is 4.00. The number of nitrogens with two attached hydrogens (primary N) is 1. The molecule has 1 unspecified atom stereocenters. The Labute approximate surface area is 100 Å². The monoisotopic (exact) mass is 238 g/mol. The number of anilines is 2. The minimum atomic E-state index is -1.05. The predicted octanol–water partition coefficient (Wildman–Crippen LogP) is 1.46. The summed E-state index contributed by atoms with van der Waals surface area (Å²) in [7, 11) is 0. The summed E-state index contributed by atoms with van der Waals surface area (Å²) in [5, 5.41) is 21.4. The van der Waals surface area contributed by atoms with Crippen molar-refractivity contribution in [3.63, 3.8) is 0 Å². The number of aryl methyl sites for hydroxylation is 1. The van der Waals surface area contributed by atoms with Crippen molar-refractivity contribution in [2.24, 2.45) is 0 Å². The first kappa shape index (κ1) is 13.3. The lowest BCUT2D eigenvalue weighted by molar-refractivity contribution is 0.0698. The predicted molar refractivity (Wildman–Crippen MR) is 67.3 cm³/mol. The maximum Gasteiger partial charge on any atom is 0.337 e. The van der Waals surface area contributed by atoms with E-state index in [1.54, 1.807) is 13.0 Å². The van der Waals surface area contributed by atoms with Crippen molar-refractivity contribution in [2.45, 2.75) is 26.4 Å². The van der Waals surface area contributed by atoms with E-state index in [4.69, 9.17) is 10.8 Å². The van der Waals surface area contributed by atoms with Gasteiger partial charge in [-0.1, -0.05) is 6.92 Å². The van der Waals surface area contributed by atoms with Gasteiger partial charge in [0.05, 0.1) is 11.7 Å². The zero-order valence-electron chi connectivity index (χ0n) is 10.0. The third-order valence-corrected chi connectivity index (χ3v) is 2.63. The van der Waals surface area contributed by atoms with Crippen molar-refractivity contribution < 1.29 is 15.0 Å². The molecular weight excluding hydrogens is 220 g/mol. The quantitative estimate of drug-likeness (QED) is 0.582. The SMILES string of the molecule is CCC(O)CNc1cc(C)c(N)c(C(=O)O)c1. The Bertz CT molecular complexity index is 418. The first-order valence-corrected chi connectivity index (χ1v) is 5.51. The van der Waals surface area contributed by atoms with Crippen LogP contribution in [0.2, 0.25) is 0 Å². The highest BCUT2D eigenvalue weighted by Crippen LogP contribution is 2.22. The Morgan fingerprint density at radius 1 is 1.53 bits per heavy atom. The largest absolute Gasteiger partial charge is 0.478 e. The number of hydrogen-bond donors (Lipinski definition) is 4. The highest BCUT2D eigenvalue weighted by molar-refractivity contribution is 5.95. The summed E-state index contributed by atoms with van der Waals surface area (Å²) >= 11 is 0. The minimum absolute atomic E-state index is 0.0819. The summed E-state index contributed by atoms with van der Waals surface area (Å²) in [4.78, 5) is 11.0. The number of benzene rings is 1. The Kier molecular flexibility index (Phi) is 4.34. The van der Waals surface area contributed by atoms with Gasteiger partial charge in [0.2, 0.25) is 0 Å². The lowest BCUT2D eigenvalue weighted by Crippen LogP contribution is -2.18. The van der Waals surface area contributed by atoms with E-state index in [2.05, 4.69) is 5.32 Å². The van der Waals surface area contributed by atoms with Gasteiger partial charge in [0.25, 0.3) is 0 Å². The molecule has 0 heterocycles. The molecule has 17 heavy (non-hydrogen) atoms. The number of carboxylic acid groups (broad SMARTS) is 1. The van der Waals surface area contributed by atoms with E-state index < -0.39 is 12.1 Å². The van der Waals surface area contributed by atoms with E-state index in [-0.39, 0.29) is 11.3 Å². The van der Waals surface area contributed by atoms with Crippen molar-refractivity contribution in [2.75, 3.05) is 17.6 Å². The second-order valence-corrected chi connectivity index (χ2v) is 4.00. The van der Waals surface area contributed by atoms with Gasteiger partial charge in [0.1, 0.15) is 0 Å². The third-order valence-electron chi connectivity index (χ3n) is 2.63. The van der Waals surface area contributed by atoms with Gasteiger partial charge in [-0.3, -0.25) is 0 Å². The van der Waals surface area contributed by atoms with Crippen LogP contribution in [0.25, 0.3) is 0 Å². The minimum Gasteiger partial charge on any atom is -0.478 e. The van der Waals surface area contributed by atoms with E-state index in [0.717, 1.165) is 0 Å². The fourth-order valence-corrected chi connectivity index (χ4v) is 1.46. The summed E-state index contributed by atoms with van der Waals surface area (Å²) < 4.78 is 0. The van der Waals surface area contributed by atoms with Crippen LogP contribution in [0, 0.1) is 6.92 Å². The molecule has 0 radical (unpaired) electrons. The van der Waals surface area contributed by atoms with E-state index in [9.17, 15) is 9.90 Å². The van der Waals surface area contributed by atoms with Gasteiger partial charge < -0.3 is 21.3 Å². The van der Waals surface area contributed by atoms with Gasteiger partial charge in [0, 0.05) is 17.9 Å². The molecule has 1 aromatic rings. The van der Waals surface area contributed by atoms with Crippen LogP contribution in [0.1, 0.15) is 29.3 Å². The van der Waals surface area contributed by atoms with Crippen LogP contribution < -0.4 is 11.1 Å². The molecule has 0 aliphatic rings. The molecule has 0 aromatic heterocycles. The number of aliphatic hydroxyl groups is 1. The first-order chi connectivity index (χ1) is 7.95. The molecule has 5 heteroatoms. The van der Waals surface area contributed by atoms with Gasteiger partial charge in [0.15, 0.2) is 0 Å².